The molecule has 8 heteroatoms. The zero-order valence-electron chi connectivity index (χ0n) is 12.8. The maximum Gasteiger partial charge on any atom is 0.348 e. The van der Waals surface area contributed by atoms with Crippen LogP contribution in [0.1, 0.15) is 12.6 Å². The summed E-state index contributed by atoms with van der Waals surface area (Å²) in [5, 5.41) is 11.5. The van der Waals surface area contributed by atoms with Crippen molar-refractivity contribution < 1.29 is 14.3 Å². The van der Waals surface area contributed by atoms with Gasteiger partial charge in [0.15, 0.2) is 5.13 Å². The Morgan fingerprint density at radius 2 is 2.21 bits per heavy atom. The van der Waals surface area contributed by atoms with Crippen molar-refractivity contribution in [3.8, 4) is 6.07 Å². The number of nitrogens with zero attached hydrogens (tertiary/aromatic N) is 3. The van der Waals surface area contributed by atoms with E-state index >= 15 is 0 Å². The van der Waals surface area contributed by atoms with Gasteiger partial charge >= 0.3 is 5.97 Å². The SMILES string of the molecule is COC(=O)/C(C#N)=C/c1csc(N(C(C)=O)c2cccc(Cl)c2)n1. The van der Waals surface area contributed by atoms with Gasteiger partial charge in [-0.3, -0.25) is 9.69 Å². The van der Waals surface area contributed by atoms with E-state index in [1.165, 1.54) is 36.3 Å². The van der Waals surface area contributed by atoms with Crippen LogP contribution >= 0.6 is 22.9 Å². The zero-order valence-corrected chi connectivity index (χ0v) is 14.4. The maximum atomic E-state index is 12.0. The van der Waals surface area contributed by atoms with Crippen LogP contribution in [0.4, 0.5) is 10.8 Å². The Morgan fingerprint density at radius 3 is 2.79 bits per heavy atom. The maximum absolute atomic E-state index is 12.0. The number of aromatic nitrogens is 1. The number of benzene rings is 1. The van der Waals surface area contributed by atoms with E-state index in [1.54, 1.807) is 35.7 Å². The standard InChI is InChI=1S/C16H12ClN3O3S/c1-10(21)20(14-5-3-4-12(17)7-14)16-19-13(9-24-16)6-11(8-18)15(22)23-2/h3-7,9H,1-2H3/b11-6+. The molecule has 1 aromatic heterocycles. The molecule has 0 aliphatic carbocycles. The van der Waals surface area contributed by atoms with Gasteiger partial charge in [0.2, 0.25) is 5.91 Å². The molecule has 0 aliphatic heterocycles. The average Bonchev–Trinajstić information content (AvgIpc) is 2.99. The summed E-state index contributed by atoms with van der Waals surface area (Å²) in [5.41, 5.74) is 0.782. The van der Waals surface area contributed by atoms with Gasteiger partial charge in [0.25, 0.3) is 0 Å². The second kappa shape index (κ2) is 7.73. The van der Waals surface area contributed by atoms with Gasteiger partial charge in [-0.05, 0) is 24.3 Å². The van der Waals surface area contributed by atoms with Crippen molar-refractivity contribution in [2.24, 2.45) is 0 Å². The minimum Gasteiger partial charge on any atom is -0.465 e. The molecular weight excluding hydrogens is 350 g/mol. The number of esters is 1. The van der Waals surface area contributed by atoms with E-state index in [0.29, 0.717) is 21.5 Å². The van der Waals surface area contributed by atoms with E-state index in [0.717, 1.165) is 0 Å². The molecule has 0 atom stereocenters. The Balaban J connectivity index is 2.40. The molecule has 0 aliphatic rings. The van der Waals surface area contributed by atoms with E-state index in [1.807, 2.05) is 0 Å². The lowest BCUT2D eigenvalue weighted by molar-refractivity contribution is -0.135. The highest BCUT2D eigenvalue weighted by Crippen LogP contribution is 2.30. The van der Waals surface area contributed by atoms with E-state index in [9.17, 15) is 9.59 Å². The van der Waals surface area contributed by atoms with E-state index in [-0.39, 0.29) is 11.5 Å². The lowest BCUT2D eigenvalue weighted by Crippen LogP contribution is -2.22. The topological polar surface area (TPSA) is 83.3 Å². The Bertz CT molecular complexity index is 854. The smallest absolute Gasteiger partial charge is 0.348 e. The minimum absolute atomic E-state index is 0.175. The molecule has 1 aromatic carbocycles. The minimum atomic E-state index is -0.745. The summed E-state index contributed by atoms with van der Waals surface area (Å²) >= 11 is 7.18. The molecule has 0 N–H and O–H groups in total. The van der Waals surface area contributed by atoms with Crippen molar-refractivity contribution in [1.82, 2.24) is 4.98 Å². The van der Waals surface area contributed by atoms with Crippen molar-refractivity contribution in [1.29, 1.82) is 5.26 Å². The number of nitriles is 1. The van der Waals surface area contributed by atoms with Gasteiger partial charge in [-0.1, -0.05) is 17.7 Å². The van der Waals surface area contributed by atoms with Gasteiger partial charge in [0.1, 0.15) is 11.6 Å². The summed E-state index contributed by atoms with van der Waals surface area (Å²) in [4.78, 5) is 29.1. The Hall–Kier alpha value is -2.69. The van der Waals surface area contributed by atoms with Crippen LogP contribution in [0.3, 0.4) is 0 Å². The molecule has 2 rings (SSSR count). The number of ether oxygens (including phenoxy) is 1. The molecule has 0 spiro atoms. The summed E-state index contributed by atoms with van der Waals surface area (Å²) < 4.78 is 4.52. The molecule has 6 nitrogen and oxygen atoms in total. The van der Waals surface area contributed by atoms with Crippen LogP contribution in [0.15, 0.2) is 35.2 Å². The van der Waals surface area contributed by atoms with Crippen LogP contribution in [0.25, 0.3) is 6.08 Å². The molecule has 0 saturated heterocycles. The highest BCUT2D eigenvalue weighted by atomic mass is 35.5. The number of methoxy groups -OCH3 is 1. The lowest BCUT2D eigenvalue weighted by Gasteiger charge is -2.18. The van der Waals surface area contributed by atoms with Gasteiger partial charge in [-0.15, -0.1) is 11.3 Å². The molecule has 0 unspecified atom stereocenters. The van der Waals surface area contributed by atoms with Gasteiger partial charge in [-0.2, -0.15) is 5.26 Å². The number of rotatable bonds is 4. The predicted octanol–water partition coefficient (Wildman–Crippen LogP) is 3.56. The fraction of sp³-hybridized carbons (Fsp3) is 0.125. The van der Waals surface area contributed by atoms with Crippen LogP contribution in [0.5, 0.6) is 0 Å². The molecule has 0 bridgehead atoms. The first kappa shape index (κ1) is 17.7. The Kier molecular flexibility index (Phi) is 5.68. The summed E-state index contributed by atoms with van der Waals surface area (Å²) in [6, 6.07) is 8.57. The van der Waals surface area contributed by atoms with Crippen LogP contribution in [-0.2, 0) is 14.3 Å². The molecule has 1 amide bonds. The summed E-state index contributed by atoms with van der Waals surface area (Å²) in [7, 11) is 1.19. The average molecular weight is 362 g/mol. The predicted molar refractivity (Wildman–Crippen MR) is 92.0 cm³/mol. The number of hydrogen-bond acceptors (Lipinski definition) is 6. The van der Waals surface area contributed by atoms with Crippen LogP contribution in [-0.4, -0.2) is 24.0 Å². The third kappa shape index (κ3) is 3.98. The fourth-order valence-electron chi connectivity index (χ4n) is 1.88. The third-order valence-electron chi connectivity index (χ3n) is 2.90. The highest BCUT2D eigenvalue weighted by Gasteiger charge is 2.18. The van der Waals surface area contributed by atoms with Crippen molar-refractivity contribution in [2.75, 3.05) is 12.0 Å². The number of thiazole rings is 1. The summed E-state index contributed by atoms with van der Waals surface area (Å²) in [6.07, 6.45) is 1.31. The highest BCUT2D eigenvalue weighted by molar-refractivity contribution is 7.14. The van der Waals surface area contributed by atoms with Crippen molar-refractivity contribution in [3.63, 3.8) is 0 Å². The number of halogens is 1. The van der Waals surface area contributed by atoms with Crippen molar-refractivity contribution in [2.45, 2.75) is 6.92 Å². The van der Waals surface area contributed by atoms with Gasteiger partial charge in [0, 0.05) is 17.3 Å². The zero-order chi connectivity index (χ0) is 17.7. The van der Waals surface area contributed by atoms with Gasteiger partial charge in [-0.25, -0.2) is 9.78 Å². The molecule has 0 fully saturated rings. The Morgan fingerprint density at radius 1 is 1.46 bits per heavy atom. The van der Waals surface area contributed by atoms with Gasteiger partial charge < -0.3 is 4.74 Å². The van der Waals surface area contributed by atoms with Crippen molar-refractivity contribution >= 4 is 51.7 Å². The van der Waals surface area contributed by atoms with Crippen molar-refractivity contribution in [3.05, 3.63) is 45.9 Å². The molecule has 24 heavy (non-hydrogen) atoms. The molecule has 0 radical (unpaired) electrons. The van der Waals surface area contributed by atoms with Gasteiger partial charge in [0.05, 0.1) is 18.5 Å². The first-order valence-corrected chi connectivity index (χ1v) is 7.94. The number of carbonyl (C=O) groups excluding carboxylic acids is 2. The number of anilines is 2. The Labute approximate surface area is 147 Å². The molecular formula is C16H12ClN3O3S. The fourth-order valence-corrected chi connectivity index (χ4v) is 2.91. The second-order valence-electron chi connectivity index (χ2n) is 4.55. The summed E-state index contributed by atoms with van der Waals surface area (Å²) in [5.74, 6) is -0.985. The largest absolute Gasteiger partial charge is 0.465 e. The lowest BCUT2D eigenvalue weighted by atomic mass is 10.2. The molecule has 2 aromatic rings. The van der Waals surface area contributed by atoms with Crippen LogP contribution in [0.2, 0.25) is 5.02 Å². The van der Waals surface area contributed by atoms with E-state index in [2.05, 4.69) is 9.72 Å². The van der Waals surface area contributed by atoms with Crippen LogP contribution < -0.4 is 4.90 Å². The first-order chi connectivity index (χ1) is 11.5. The molecule has 1 heterocycles. The monoisotopic (exact) mass is 361 g/mol. The third-order valence-corrected chi connectivity index (χ3v) is 3.98. The molecule has 0 saturated carbocycles. The first-order valence-electron chi connectivity index (χ1n) is 6.68. The second-order valence-corrected chi connectivity index (χ2v) is 5.82. The number of carbonyl (C=O) groups is 2. The number of hydrogen-bond donors (Lipinski definition) is 0. The van der Waals surface area contributed by atoms with E-state index < -0.39 is 5.97 Å². The number of amides is 1. The molecule has 122 valence electrons. The summed E-state index contributed by atoms with van der Waals surface area (Å²) in [6.45, 7) is 1.41. The van der Waals surface area contributed by atoms with E-state index in [4.69, 9.17) is 16.9 Å². The van der Waals surface area contributed by atoms with Crippen LogP contribution in [0, 0.1) is 11.3 Å². The normalized spacial score (nSPS) is 10.8. The quantitative estimate of drug-likeness (QED) is 0.472.